The van der Waals surface area contributed by atoms with Gasteiger partial charge in [0.1, 0.15) is 17.5 Å². The van der Waals surface area contributed by atoms with Crippen molar-refractivity contribution in [2.24, 2.45) is 0 Å². The highest BCUT2D eigenvalue weighted by Gasteiger charge is 2.17. The van der Waals surface area contributed by atoms with Crippen molar-refractivity contribution in [1.82, 2.24) is 9.97 Å². The van der Waals surface area contributed by atoms with Crippen LogP contribution in [0.5, 0.6) is 11.8 Å². The van der Waals surface area contributed by atoms with Crippen molar-refractivity contribution in [1.29, 1.82) is 5.26 Å². The number of ether oxygens (including phenoxy) is 1. The molecule has 4 heteroatoms. The maximum absolute atomic E-state index is 8.79. The van der Waals surface area contributed by atoms with E-state index in [9.17, 15) is 0 Å². The second-order valence-electron chi connectivity index (χ2n) is 5.20. The Bertz CT molecular complexity index is 627. The van der Waals surface area contributed by atoms with E-state index in [1.165, 1.54) is 11.8 Å². The molecule has 2 rings (SSSR count). The second-order valence-corrected chi connectivity index (χ2v) is 5.20. The van der Waals surface area contributed by atoms with E-state index in [-0.39, 0.29) is 11.4 Å². The summed E-state index contributed by atoms with van der Waals surface area (Å²) in [7, 11) is 0. The Kier molecular flexibility index (Phi) is 3.99. The van der Waals surface area contributed by atoms with Gasteiger partial charge in [-0.25, -0.2) is 4.98 Å². The van der Waals surface area contributed by atoms with Crippen molar-refractivity contribution < 1.29 is 4.74 Å². The molecule has 0 aliphatic heterocycles. The lowest BCUT2D eigenvalue weighted by Gasteiger charge is -2.23. The average Bonchev–Trinajstić information content (AvgIpc) is 2.48. The van der Waals surface area contributed by atoms with E-state index in [0.717, 1.165) is 6.42 Å². The summed E-state index contributed by atoms with van der Waals surface area (Å²) < 4.78 is 5.55. The molecule has 0 spiro atoms. The molecule has 0 amide bonds. The summed E-state index contributed by atoms with van der Waals surface area (Å²) in [4.78, 5) is 7.96. The lowest BCUT2D eigenvalue weighted by molar-refractivity contribution is 0.439. The van der Waals surface area contributed by atoms with Crippen LogP contribution in [0.4, 0.5) is 0 Å². The largest absolute Gasteiger partial charge is 0.424 e. The van der Waals surface area contributed by atoms with E-state index in [0.29, 0.717) is 11.4 Å². The van der Waals surface area contributed by atoms with Crippen LogP contribution < -0.4 is 4.74 Å². The number of nitriles is 1. The molecule has 0 atom stereocenters. The van der Waals surface area contributed by atoms with Crippen molar-refractivity contribution in [2.75, 3.05) is 0 Å². The lowest BCUT2D eigenvalue weighted by Crippen LogP contribution is -2.14. The summed E-state index contributed by atoms with van der Waals surface area (Å²) >= 11 is 0. The molecule has 1 aromatic carbocycles. The average molecular weight is 267 g/mol. The van der Waals surface area contributed by atoms with E-state index in [4.69, 9.17) is 10.00 Å². The molecule has 4 nitrogen and oxygen atoms in total. The number of hydrogen-bond donors (Lipinski definition) is 0. The zero-order valence-corrected chi connectivity index (χ0v) is 11.9. The normalized spacial score (nSPS) is 10.9. The minimum absolute atomic E-state index is 0.149. The predicted molar refractivity (Wildman–Crippen MR) is 76.6 cm³/mol. The summed E-state index contributed by atoms with van der Waals surface area (Å²) in [6.07, 6.45) is 2.58. The minimum Gasteiger partial charge on any atom is -0.424 e. The molecule has 0 radical (unpaired) electrons. The molecule has 102 valence electrons. The molecule has 0 unspecified atom stereocenters. The molecule has 0 aliphatic rings. The molecule has 0 N–H and O–H groups in total. The maximum Gasteiger partial charge on any atom is 0.323 e. The monoisotopic (exact) mass is 267 g/mol. The van der Waals surface area contributed by atoms with Gasteiger partial charge in [0, 0.05) is 6.20 Å². The van der Waals surface area contributed by atoms with Gasteiger partial charge >= 0.3 is 6.01 Å². The Morgan fingerprint density at radius 2 is 1.90 bits per heavy atom. The van der Waals surface area contributed by atoms with Gasteiger partial charge in [-0.05, 0) is 35.6 Å². The van der Waals surface area contributed by atoms with E-state index in [1.807, 2.05) is 30.3 Å². The predicted octanol–water partition coefficient (Wildman–Crippen LogP) is 3.83. The molecule has 0 saturated carbocycles. The van der Waals surface area contributed by atoms with E-state index < -0.39 is 0 Å². The number of hydrogen-bond acceptors (Lipinski definition) is 4. The molecule has 0 aliphatic carbocycles. The van der Waals surface area contributed by atoms with Gasteiger partial charge in [-0.15, -0.1) is 0 Å². The number of aromatic nitrogens is 2. The van der Waals surface area contributed by atoms with Crippen LogP contribution in [0.25, 0.3) is 0 Å². The highest BCUT2D eigenvalue weighted by Crippen LogP contribution is 2.28. The molecule has 2 aromatic rings. The van der Waals surface area contributed by atoms with Gasteiger partial charge in [0.15, 0.2) is 0 Å². The molecule has 1 aromatic heterocycles. The topological polar surface area (TPSA) is 58.8 Å². The number of benzene rings is 1. The van der Waals surface area contributed by atoms with Crippen LogP contribution in [-0.2, 0) is 5.41 Å². The van der Waals surface area contributed by atoms with Crippen molar-refractivity contribution in [3.8, 4) is 17.8 Å². The van der Waals surface area contributed by atoms with Crippen molar-refractivity contribution in [3.05, 3.63) is 47.8 Å². The van der Waals surface area contributed by atoms with Gasteiger partial charge in [0.2, 0.25) is 0 Å². The minimum atomic E-state index is 0.149. The summed E-state index contributed by atoms with van der Waals surface area (Å²) in [5.41, 5.74) is 1.70. The van der Waals surface area contributed by atoms with Crippen LogP contribution in [0.1, 0.15) is 38.4 Å². The summed E-state index contributed by atoms with van der Waals surface area (Å²) in [5, 5.41) is 8.79. The molecule has 0 saturated heterocycles. The van der Waals surface area contributed by atoms with Crippen LogP contribution in [0.3, 0.4) is 0 Å². The maximum atomic E-state index is 8.79. The van der Waals surface area contributed by atoms with Gasteiger partial charge in [0.25, 0.3) is 0 Å². The third-order valence-corrected chi connectivity index (χ3v) is 3.48. The first-order chi connectivity index (χ1) is 9.55. The number of rotatable bonds is 4. The lowest BCUT2D eigenvalue weighted by atomic mass is 9.82. The van der Waals surface area contributed by atoms with E-state index in [2.05, 4.69) is 30.7 Å². The van der Waals surface area contributed by atoms with E-state index >= 15 is 0 Å². The first-order valence-corrected chi connectivity index (χ1v) is 6.56. The Hall–Kier alpha value is -2.41. The smallest absolute Gasteiger partial charge is 0.323 e. The SMILES string of the molecule is CCC(C)(C)c1ccc(Oc2nccc(C#N)n2)cc1. The van der Waals surface area contributed by atoms with Crippen LogP contribution in [0, 0.1) is 11.3 Å². The Morgan fingerprint density at radius 3 is 2.50 bits per heavy atom. The Morgan fingerprint density at radius 1 is 1.20 bits per heavy atom. The second kappa shape index (κ2) is 5.70. The summed E-state index contributed by atoms with van der Waals surface area (Å²) in [6, 6.07) is 11.6. The van der Waals surface area contributed by atoms with Gasteiger partial charge in [-0.2, -0.15) is 10.2 Å². The zero-order valence-electron chi connectivity index (χ0n) is 11.9. The molecular formula is C16H17N3O. The third-order valence-electron chi connectivity index (χ3n) is 3.48. The Balaban J connectivity index is 2.17. The highest BCUT2D eigenvalue weighted by molar-refractivity contribution is 5.33. The van der Waals surface area contributed by atoms with Crippen molar-refractivity contribution in [2.45, 2.75) is 32.6 Å². The molecule has 20 heavy (non-hydrogen) atoms. The van der Waals surface area contributed by atoms with Crippen LogP contribution in [0.2, 0.25) is 0 Å². The number of nitrogens with zero attached hydrogens (tertiary/aromatic N) is 3. The Labute approximate surface area is 119 Å². The molecule has 1 heterocycles. The fourth-order valence-electron chi connectivity index (χ4n) is 1.74. The standard InChI is InChI=1S/C16H17N3O/c1-4-16(2,3)12-5-7-14(8-6-12)20-15-18-10-9-13(11-17)19-15/h5-10H,4H2,1-3H3. The van der Waals surface area contributed by atoms with Crippen molar-refractivity contribution >= 4 is 0 Å². The fourth-order valence-corrected chi connectivity index (χ4v) is 1.74. The van der Waals surface area contributed by atoms with Gasteiger partial charge in [-0.1, -0.05) is 32.9 Å². The van der Waals surface area contributed by atoms with Gasteiger partial charge in [-0.3, -0.25) is 0 Å². The first-order valence-electron chi connectivity index (χ1n) is 6.56. The van der Waals surface area contributed by atoms with Crippen LogP contribution in [-0.4, -0.2) is 9.97 Å². The third kappa shape index (κ3) is 3.12. The van der Waals surface area contributed by atoms with Gasteiger partial charge in [0.05, 0.1) is 0 Å². The quantitative estimate of drug-likeness (QED) is 0.844. The molecule has 0 fully saturated rings. The fraction of sp³-hybridized carbons (Fsp3) is 0.312. The van der Waals surface area contributed by atoms with Crippen molar-refractivity contribution in [3.63, 3.8) is 0 Å². The first kappa shape index (κ1) is 14.0. The highest BCUT2D eigenvalue weighted by atomic mass is 16.5. The summed E-state index contributed by atoms with van der Waals surface area (Å²) in [5.74, 6) is 0.663. The van der Waals surface area contributed by atoms with Crippen LogP contribution >= 0.6 is 0 Å². The zero-order chi connectivity index (χ0) is 14.6. The molecule has 0 bridgehead atoms. The molecular weight excluding hydrogens is 250 g/mol. The van der Waals surface area contributed by atoms with Crippen LogP contribution in [0.15, 0.2) is 36.5 Å². The van der Waals surface area contributed by atoms with E-state index in [1.54, 1.807) is 6.07 Å². The summed E-state index contributed by atoms with van der Waals surface area (Å²) in [6.45, 7) is 6.59. The van der Waals surface area contributed by atoms with Gasteiger partial charge < -0.3 is 4.74 Å².